The van der Waals surface area contributed by atoms with Crippen molar-refractivity contribution in [1.29, 1.82) is 0 Å². The van der Waals surface area contributed by atoms with Crippen LogP contribution in [0.4, 0.5) is 0 Å². The summed E-state index contributed by atoms with van der Waals surface area (Å²) in [4.78, 5) is 11.4. The first-order valence-electron chi connectivity index (χ1n) is 3.87. The number of rotatable bonds is 3. The van der Waals surface area contributed by atoms with Crippen LogP contribution in [0.2, 0.25) is 0 Å². The topological polar surface area (TPSA) is 17.1 Å². The fourth-order valence-corrected chi connectivity index (χ4v) is 1.80. The zero-order valence-electron chi connectivity index (χ0n) is 7.33. The number of carbonyl (C=O) groups is 1. The Morgan fingerprint density at radius 3 is 2.83 bits per heavy atom. The van der Waals surface area contributed by atoms with Crippen molar-refractivity contribution >= 4 is 18.0 Å². The van der Waals surface area contributed by atoms with E-state index < -0.39 is 0 Å². The summed E-state index contributed by atoms with van der Waals surface area (Å²) in [6, 6.07) is 6.28. The molecule has 0 spiro atoms. The molecule has 0 aliphatic carbocycles. The highest BCUT2D eigenvalue weighted by Gasteiger charge is 1.97. The number of thioether (sulfide) groups is 1. The van der Waals surface area contributed by atoms with Crippen molar-refractivity contribution in [2.45, 2.75) is 18.7 Å². The van der Waals surface area contributed by atoms with Crippen LogP contribution in [0.1, 0.15) is 11.1 Å². The van der Waals surface area contributed by atoms with Crippen LogP contribution in [0.5, 0.6) is 0 Å². The molecule has 0 aliphatic rings. The second kappa shape index (κ2) is 4.31. The molecular formula is C10H12OS. The van der Waals surface area contributed by atoms with Gasteiger partial charge in [-0.05, 0) is 25.5 Å². The third-order valence-electron chi connectivity index (χ3n) is 1.65. The van der Waals surface area contributed by atoms with Crippen LogP contribution < -0.4 is 0 Å². The third-order valence-corrected chi connectivity index (χ3v) is 2.70. The average molecular weight is 180 g/mol. The number of aryl methyl sites for hydroxylation is 2. The van der Waals surface area contributed by atoms with Gasteiger partial charge >= 0.3 is 0 Å². The van der Waals surface area contributed by atoms with Crippen LogP contribution in [0.25, 0.3) is 0 Å². The molecule has 0 N–H and O–H groups in total. The largest absolute Gasteiger partial charge is 0.302 e. The average Bonchev–Trinajstić information content (AvgIpc) is 2.07. The highest BCUT2D eigenvalue weighted by Crippen LogP contribution is 2.22. The lowest BCUT2D eigenvalue weighted by molar-refractivity contribution is -0.105. The molecule has 1 aromatic rings. The van der Waals surface area contributed by atoms with Crippen molar-refractivity contribution in [2.75, 3.05) is 5.75 Å². The molecule has 0 bridgehead atoms. The van der Waals surface area contributed by atoms with Crippen molar-refractivity contribution in [2.24, 2.45) is 0 Å². The van der Waals surface area contributed by atoms with E-state index in [-0.39, 0.29) is 0 Å². The van der Waals surface area contributed by atoms with E-state index >= 15 is 0 Å². The molecule has 0 saturated carbocycles. The second-order valence-corrected chi connectivity index (χ2v) is 3.81. The molecular weight excluding hydrogens is 168 g/mol. The molecule has 0 amide bonds. The number of hydrogen-bond donors (Lipinski definition) is 0. The van der Waals surface area contributed by atoms with Crippen LogP contribution >= 0.6 is 11.8 Å². The minimum absolute atomic E-state index is 0.546. The molecule has 0 aliphatic heterocycles. The van der Waals surface area contributed by atoms with Crippen LogP contribution in [0.15, 0.2) is 23.1 Å². The Hall–Kier alpha value is -0.760. The molecule has 64 valence electrons. The van der Waals surface area contributed by atoms with Crippen LogP contribution in [-0.4, -0.2) is 12.0 Å². The summed E-state index contributed by atoms with van der Waals surface area (Å²) in [5.74, 6) is 0.546. The Morgan fingerprint density at radius 2 is 2.17 bits per heavy atom. The molecule has 1 rings (SSSR count). The van der Waals surface area contributed by atoms with E-state index in [1.165, 1.54) is 16.0 Å². The van der Waals surface area contributed by atoms with E-state index in [1.807, 2.05) is 0 Å². The van der Waals surface area contributed by atoms with Crippen molar-refractivity contribution in [1.82, 2.24) is 0 Å². The number of carbonyl (C=O) groups excluding carboxylic acids is 1. The maximum absolute atomic E-state index is 10.2. The monoisotopic (exact) mass is 180 g/mol. The Labute approximate surface area is 77.2 Å². The van der Waals surface area contributed by atoms with Gasteiger partial charge in [0.15, 0.2) is 0 Å². The van der Waals surface area contributed by atoms with Gasteiger partial charge < -0.3 is 4.79 Å². The van der Waals surface area contributed by atoms with Gasteiger partial charge in [0.05, 0.1) is 5.75 Å². The van der Waals surface area contributed by atoms with E-state index in [4.69, 9.17) is 0 Å². The lowest BCUT2D eigenvalue weighted by Gasteiger charge is -2.03. The van der Waals surface area contributed by atoms with Crippen LogP contribution in [-0.2, 0) is 4.79 Å². The fourth-order valence-electron chi connectivity index (χ4n) is 0.987. The van der Waals surface area contributed by atoms with Gasteiger partial charge in [-0.2, -0.15) is 0 Å². The van der Waals surface area contributed by atoms with Crippen molar-refractivity contribution in [3.63, 3.8) is 0 Å². The smallest absolute Gasteiger partial charge is 0.130 e. The van der Waals surface area contributed by atoms with E-state index in [1.54, 1.807) is 11.8 Å². The normalized spacial score (nSPS) is 9.83. The van der Waals surface area contributed by atoms with E-state index in [0.29, 0.717) is 5.75 Å². The van der Waals surface area contributed by atoms with Gasteiger partial charge in [0, 0.05) is 4.90 Å². The van der Waals surface area contributed by atoms with Crippen LogP contribution in [0.3, 0.4) is 0 Å². The molecule has 0 atom stereocenters. The highest BCUT2D eigenvalue weighted by molar-refractivity contribution is 8.00. The van der Waals surface area contributed by atoms with Gasteiger partial charge in [-0.1, -0.05) is 17.7 Å². The summed E-state index contributed by atoms with van der Waals surface area (Å²) in [7, 11) is 0. The standard InChI is InChI=1S/C10H12OS/c1-8-3-4-9(2)10(7-8)12-6-5-11/h3-5,7H,6H2,1-2H3. The van der Waals surface area contributed by atoms with Gasteiger partial charge in [-0.15, -0.1) is 11.8 Å². The Morgan fingerprint density at radius 1 is 1.42 bits per heavy atom. The van der Waals surface area contributed by atoms with Crippen molar-refractivity contribution in [3.05, 3.63) is 29.3 Å². The SMILES string of the molecule is Cc1ccc(C)c(SCC=O)c1. The number of hydrogen-bond acceptors (Lipinski definition) is 2. The number of benzene rings is 1. The molecule has 0 heterocycles. The molecule has 0 aromatic heterocycles. The van der Waals surface area contributed by atoms with Gasteiger partial charge in [-0.25, -0.2) is 0 Å². The van der Waals surface area contributed by atoms with Gasteiger partial charge in [0.2, 0.25) is 0 Å². The van der Waals surface area contributed by atoms with E-state index in [2.05, 4.69) is 32.0 Å². The first-order valence-corrected chi connectivity index (χ1v) is 4.86. The zero-order chi connectivity index (χ0) is 8.97. The summed E-state index contributed by atoms with van der Waals surface area (Å²) in [5.41, 5.74) is 2.49. The molecule has 2 heteroatoms. The Kier molecular flexibility index (Phi) is 3.35. The van der Waals surface area contributed by atoms with Gasteiger partial charge in [-0.3, -0.25) is 0 Å². The van der Waals surface area contributed by atoms with Crippen LogP contribution in [0, 0.1) is 13.8 Å². The zero-order valence-corrected chi connectivity index (χ0v) is 8.15. The maximum atomic E-state index is 10.2. The first kappa shape index (κ1) is 9.33. The molecule has 1 nitrogen and oxygen atoms in total. The van der Waals surface area contributed by atoms with Gasteiger partial charge in [0.1, 0.15) is 6.29 Å². The summed E-state index contributed by atoms with van der Waals surface area (Å²) in [5, 5.41) is 0. The maximum Gasteiger partial charge on any atom is 0.130 e. The molecule has 0 unspecified atom stereocenters. The molecule has 12 heavy (non-hydrogen) atoms. The predicted octanol–water partition coefficient (Wildman–Crippen LogP) is 2.59. The lowest BCUT2D eigenvalue weighted by atomic mass is 10.2. The lowest BCUT2D eigenvalue weighted by Crippen LogP contribution is -1.84. The molecule has 0 fully saturated rings. The highest BCUT2D eigenvalue weighted by atomic mass is 32.2. The second-order valence-electron chi connectivity index (χ2n) is 2.75. The Bertz CT molecular complexity index is 281. The van der Waals surface area contributed by atoms with Gasteiger partial charge in [0.25, 0.3) is 0 Å². The van der Waals surface area contributed by atoms with Crippen molar-refractivity contribution < 1.29 is 4.79 Å². The fraction of sp³-hybridized carbons (Fsp3) is 0.300. The summed E-state index contributed by atoms with van der Waals surface area (Å²) in [6.45, 7) is 4.12. The number of aldehydes is 1. The van der Waals surface area contributed by atoms with E-state index in [0.717, 1.165) is 6.29 Å². The van der Waals surface area contributed by atoms with Crippen molar-refractivity contribution in [3.8, 4) is 0 Å². The molecule has 0 saturated heterocycles. The first-order chi connectivity index (χ1) is 5.74. The van der Waals surface area contributed by atoms with E-state index in [9.17, 15) is 4.79 Å². The Balaban J connectivity index is 2.82. The predicted molar refractivity (Wildman–Crippen MR) is 52.7 cm³/mol. The third kappa shape index (κ3) is 2.38. The summed E-state index contributed by atoms with van der Waals surface area (Å²) < 4.78 is 0. The minimum Gasteiger partial charge on any atom is -0.302 e. The molecule has 0 radical (unpaired) electrons. The molecule has 1 aromatic carbocycles. The quantitative estimate of drug-likeness (QED) is 0.525. The summed E-state index contributed by atoms with van der Waals surface area (Å²) in [6.07, 6.45) is 0.937. The minimum atomic E-state index is 0.546. The summed E-state index contributed by atoms with van der Waals surface area (Å²) >= 11 is 1.59.